The molecule has 1 rings (SSSR count). The Bertz CT molecular complexity index is 776. The molecule has 2 amide bonds. The van der Waals surface area contributed by atoms with Gasteiger partial charge in [0.25, 0.3) is 0 Å². The van der Waals surface area contributed by atoms with E-state index in [9.17, 15) is 39.3 Å². The standard InChI is InChI=1S/C21H38N6O11S/c1-2-22-21(35)16(15-39-38-37-36)23-17(28)11-24-3-5-25(12-18(29)30)7-9-27(14-20(33)34)10-8-26(6-4-24)13-19(31)32/h16,36H,2-15H2,1H3,(H,22,35)(H,23,28)(H,29,30)(H,31,32)(H,33,34)/t16-/m1/s1. The summed E-state index contributed by atoms with van der Waals surface area (Å²) >= 11 is 0.608. The molecule has 0 aromatic carbocycles. The van der Waals surface area contributed by atoms with Gasteiger partial charge in [0.1, 0.15) is 6.04 Å². The summed E-state index contributed by atoms with van der Waals surface area (Å²) in [6.07, 6.45) is 0. The van der Waals surface area contributed by atoms with E-state index in [0.29, 0.717) is 18.6 Å². The van der Waals surface area contributed by atoms with Crippen molar-refractivity contribution in [3.63, 3.8) is 0 Å². The van der Waals surface area contributed by atoms with Gasteiger partial charge in [-0.25, -0.2) is 5.26 Å². The molecule has 1 fully saturated rings. The van der Waals surface area contributed by atoms with Crippen LogP contribution in [0.4, 0.5) is 0 Å². The van der Waals surface area contributed by atoms with Crippen LogP contribution in [0.2, 0.25) is 0 Å². The fraction of sp³-hybridized carbons (Fsp3) is 0.762. The van der Waals surface area contributed by atoms with Crippen molar-refractivity contribution in [1.29, 1.82) is 0 Å². The van der Waals surface area contributed by atoms with Gasteiger partial charge in [-0.3, -0.25) is 43.6 Å². The van der Waals surface area contributed by atoms with Gasteiger partial charge in [-0.05, 0) is 6.92 Å². The van der Waals surface area contributed by atoms with Crippen molar-refractivity contribution in [1.82, 2.24) is 30.2 Å². The Labute approximate surface area is 230 Å². The van der Waals surface area contributed by atoms with E-state index in [1.54, 1.807) is 26.5 Å². The average Bonchev–Trinajstić information content (AvgIpc) is 2.84. The number of nitrogens with one attached hydrogen (secondary N) is 2. The quantitative estimate of drug-likeness (QED) is 0.0495. The molecular weight excluding hydrogens is 544 g/mol. The van der Waals surface area contributed by atoms with E-state index >= 15 is 0 Å². The maximum atomic E-state index is 12.9. The molecule has 18 heteroatoms. The average molecular weight is 583 g/mol. The molecule has 0 aromatic rings. The third-order valence-electron chi connectivity index (χ3n) is 5.69. The van der Waals surface area contributed by atoms with Crippen LogP contribution in [0, 0.1) is 0 Å². The van der Waals surface area contributed by atoms with E-state index in [4.69, 9.17) is 5.26 Å². The highest BCUT2D eigenvalue weighted by molar-refractivity contribution is 7.94. The Morgan fingerprint density at radius 1 is 0.744 bits per heavy atom. The smallest absolute Gasteiger partial charge is 0.317 e. The van der Waals surface area contributed by atoms with Crippen LogP contribution < -0.4 is 10.6 Å². The summed E-state index contributed by atoms with van der Waals surface area (Å²) in [7, 11) is 0. The van der Waals surface area contributed by atoms with Crippen LogP contribution in [0.5, 0.6) is 0 Å². The molecule has 0 bridgehead atoms. The molecule has 6 N–H and O–H groups in total. The number of likely N-dealkylation sites (N-methyl/N-ethyl adjacent to an activating group) is 1. The van der Waals surface area contributed by atoms with E-state index in [0.717, 1.165) is 0 Å². The molecule has 1 saturated heterocycles. The zero-order valence-electron chi connectivity index (χ0n) is 21.8. The van der Waals surface area contributed by atoms with Gasteiger partial charge in [0.2, 0.25) is 11.8 Å². The minimum atomic E-state index is -1.06. The lowest BCUT2D eigenvalue weighted by molar-refractivity contribution is -0.432. The number of amides is 2. The lowest BCUT2D eigenvalue weighted by Crippen LogP contribution is -2.53. The van der Waals surface area contributed by atoms with Crippen LogP contribution in [0.25, 0.3) is 0 Å². The molecule has 1 heterocycles. The third-order valence-corrected chi connectivity index (χ3v) is 6.32. The number of hydrogen-bond donors (Lipinski definition) is 6. The highest BCUT2D eigenvalue weighted by atomic mass is 32.2. The van der Waals surface area contributed by atoms with Gasteiger partial charge in [-0.2, -0.15) is 0 Å². The number of hydrogen-bond acceptors (Lipinski definition) is 13. The van der Waals surface area contributed by atoms with Crippen molar-refractivity contribution in [3.05, 3.63) is 0 Å². The molecule has 224 valence electrons. The first-order chi connectivity index (χ1) is 18.5. The fourth-order valence-electron chi connectivity index (χ4n) is 3.83. The van der Waals surface area contributed by atoms with Gasteiger partial charge in [0.05, 0.1) is 31.9 Å². The van der Waals surface area contributed by atoms with Crippen LogP contribution in [0.15, 0.2) is 0 Å². The number of carbonyl (C=O) groups excluding carboxylic acids is 2. The summed E-state index contributed by atoms with van der Waals surface area (Å²) < 4.78 is 4.31. The van der Waals surface area contributed by atoms with Crippen molar-refractivity contribution in [2.75, 3.05) is 90.8 Å². The maximum absolute atomic E-state index is 12.9. The van der Waals surface area contributed by atoms with Crippen molar-refractivity contribution >= 4 is 41.8 Å². The van der Waals surface area contributed by atoms with Gasteiger partial charge < -0.3 is 26.0 Å². The van der Waals surface area contributed by atoms with Gasteiger partial charge >= 0.3 is 17.9 Å². The second-order valence-electron chi connectivity index (χ2n) is 8.73. The number of carboxylic acids is 3. The molecule has 39 heavy (non-hydrogen) atoms. The molecule has 0 spiro atoms. The minimum absolute atomic E-state index is 0.0657. The molecule has 0 saturated carbocycles. The fourth-order valence-corrected chi connectivity index (χ4v) is 4.30. The highest BCUT2D eigenvalue weighted by Gasteiger charge is 2.24. The van der Waals surface area contributed by atoms with Crippen molar-refractivity contribution in [2.24, 2.45) is 0 Å². The summed E-state index contributed by atoms with van der Waals surface area (Å²) in [6.45, 7) is 3.05. The molecule has 17 nitrogen and oxygen atoms in total. The maximum Gasteiger partial charge on any atom is 0.317 e. The number of rotatable bonds is 15. The van der Waals surface area contributed by atoms with Crippen molar-refractivity contribution < 1.29 is 53.9 Å². The largest absolute Gasteiger partial charge is 0.480 e. The molecule has 0 radical (unpaired) electrons. The zero-order valence-corrected chi connectivity index (χ0v) is 22.6. The second kappa shape index (κ2) is 19.5. The number of carboxylic acid groups (broad SMARTS) is 3. The second-order valence-corrected chi connectivity index (χ2v) is 9.43. The van der Waals surface area contributed by atoms with E-state index < -0.39 is 35.8 Å². The van der Waals surface area contributed by atoms with E-state index in [-0.39, 0.29) is 84.3 Å². The Morgan fingerprint density at radius 3 is 1.46 bits per heavy atom. The Hall–Kier alpha value is -2.58. The van der Waals surface area contributed by atoms with Gasteiger partial charge in [0, 0.05) is 70.9 Å². The molecule has 0 aromatic heterocycles. The molecule has 1 aliphatic rings. The molecule has 1 aliphatic heterocycles. The predicted molar refractivity (Wildman–Crippen MR) is 137 cm³/mol. The molecular formula is C21H38N6O11S. The van der Waals surface area contributed by atoms with Gasteiger partial charge in [-0.15, -0.1) is 4.33 Å². The summed E-state index contributed by atoms with van der Waals surface area (Å²) in [5.74, 6) is -4.20. The first-order valence-electron chi connectivity index (χ1n) is 12.3. The van der Waals surface area contributed by atoms with Crippen LogP contribution >= 0.6 is 12.0 Å². The topological polar surface area (TPSA) is 222 Å². The summed E-state index contributed by atoms with van der Waals surface area (Å²) in [6, 6.07) is -1.00. The van der Waals surface area contributed by atoms with E-state index in [1.165, 1.54) is 0 Å². The Balaban J connectivity index is 2.99. The summed E-state index contributed by atoms with van der Waals surface area (Å²) in [5, 5.41) is 44.9. The van der Waals surface area contributed by atoms with Crippen LogP contribution in [0.3, 0.4) is 0 Å². The molecule has 0 aliphatic carbocycles. The van der Waals surface area contributed by atoms with Crippen LogP contribution in [-0.2, 0) is 33.3 Å². The van der Waals surface area contributed by atoms with Crippen LogP contribution in [0.1, 0.15) is 6.92 Å². The van der Waals surface area contributed by atoms with Crippen LogP contribution in [-0.4, -0.2) is 167 Å². The molecule has 1 atom stereocenters. The number of aliphatic carboxylic acids is 3. The monoisotopic (exact) mass is 582 g/mol. The predicted octanol–water partition coefficient (Wildman–Crippen LogP) is -2.85. The van der Waals surface area contributed by atoms with Crippen molar-refractivity contribution in [3.8, 4) is 0 Å². The first-order valence-corrected chi connectivity index (χ1v) is 13.2. The lowest BCUT2D eigenvalue weighted by Gasteiger charge is -2.33. The zero-order chi connectivity index (χ0) is 29.2. The van der Waals surface area contributed by atoms with E-state index in [1.807, 2.05) is 0 Å². The minimum Gasteiger partial charge on any atom is -0.480 e. The molecule has 0 unspecified atom stereocenters. The highest BCUT2D eigenvalue weighted by Crippen LogP contribution is 2.06. The summed E-state index contributed by atoms with van der Waals surface area (Å²) in [5.41, 5.74) is 0. The SMILES string of the molecule is CCNC(=O)[C@@H](CSOOO)NC(=O)CN1CCN(CC(=O)O)CCN(CC(=O)O)CCN(CC(=O)O)CC1. The van der Waals surface area contributed by atoms with Crippen molar-refractivity contribution in [2.45, 2.75) is 13.0 Å². The van der Waals surface area contributed by atoms with E-state index in [2.05, 4.69) is 20.0 Å². The van der Waals surface area contributed by atoms with Gasteiger partial charge in [-0.1, -0.05) is 5.04 Å². The Kier molecular flexibility index (Phi) is 17.2. The number of carbonyl (C=O) groups is 5. The normalized spacial score (nSPS) is 17.9. The van der Waals surface area contributed by atoms with Gasteiger partial charge in [0.15, 0.2) is 0 Å². The number of nitrogens with zero attached hydrogens (tertiary/aromatic N) is 4. The Morgan fingerprint density at radius 2 is 1.13 bits per heavy atom. The summed E-state index contributed by atoms with van der Waals surface area (Å²) in [4.78, 5) is 65.9. The lowest BCUT2D eigenvalue weighted by atomic mass is 10.3. The first kappa shape index (κ1) is 34.4. The third kappa shape index (κ3) is 16.2.